The van der Waals surface area contributed by atoms with E-state index in [1.807, 2.05) is 0 Å². The Balaban J connectivity index is 2.03. The maximum atomic E-state index is 12.6. The van der Waals surface area contributed by atoms with E-state index in [-0.39, 0.29) is 0 Å². The Bertz CT molecular complexity index is 1190. The molecule has 0 fully saturated rings. The Morgan fingerprint density at radius 3 is 2.20 bits per heavy atom. The SMILES string of the molecule is COc1ccc(-c2conc2-c2cc(OC)c(OC)c(OC)c2)cc1NC(=O)C(CC(=O)O)NCl. The number of halogens is 1. The molecule has 3 N–H and O–H groups in total. The Kier molecular flexibility index (Phi) is 8.39. The molecule has 1 amide bonds. The van der Waals surface area contributed by atoms with E-state index < -0.39 is 24.3 Å². The lowest BCUT2D eigenvalue weighted by atomic mass is 10.0. The Morgan fingerprint density at radius 1 is 1.00 bits per heavy atom. The summed E-state index contributed by atoms with van der Waals surface area (Å²) in [4.78, 5) is 25.8. The molecule has 0 aliphatic carbocycles. The van der Waals surface area contributed by atoms with Crippen LogP contribution in [0.15, 0.2) is 41.1 Å². The summed E-state index contributed by atoms with van der Waals surface area (Å²) in [5.41, 5.74) is 2.67. The molecule has 1 aromatic heterocycles. The zero-order valence-corrected chi connectivity index (χ0v) is 20.1. The number of rotatable bonds is 11. The van der Waals surface area contributed by atoms with Gasteiger partial charge in [-0.2, -0.15) is 0 Å². The Morgan fingerprint density at radius 2 is 1.66 bits per heavy atom. The number of aliphatic carboxylic acids is 1. The molecule has 11 nitrogen and oxygen atoms in total. The number of hydrogen-bond donors (Lipinski definition) is 3. The van der Waals surface area contributed by atoms with Crippen molar-refractivity contribution in [1.29, 1.82) is 0 Å². The molecule has 1 heterocycles. The van der Waals surface area contributed by atoms with Gasteiger partial charge < -0.3 is 33.9 Å². The summed E-state index contributed by atoms with van der Waals surface area (Å²) >= 11 is 5.56. The Labute approximate surface area is 206 Å². The molecule has 0 spiro atoms. The molecule has 0 aliphatic rings. The second kappa shape index (κ2) is 11.4. The highest BCUT2D eigenvalue weighted by Crippen LogP contribution is 2.43. The first-order chi connectivity index (χ1) is 16.9. The van der Waals surface area contributed by atoms with Gasteiger partial charge in [0.25, 0.3) is 0 Å². The van der Waals surface area contributed by atoms with Gasteiger partial charge in [0.2, 0.25) is 11.7 Å². The van der Waals surface area contributed by atoms with Gasteiger partial charge in [0.1, 0.15) is 23.7 Å². The lowest BCUT2D eigenvalue weighted by Gasteiger charge is -2.16. The summed E-state index contributed by atoms with van der Waals surface area (Å²) < 4.78 is 26.8. The van der Waals surface area contributed by atoms with E-state index in [4.69, 9.17) is 40.4 Å². The van der Waals surface area contributed by atoms with Crippen LogP contribution in [-0.2, 0) is 9.59 Å². The van der Waals surface area contributed by atoms with Crippen molar-refractivity contribution in [2.75, 3.05) is 33.8 Å². The van der Waals surface area contributed by atoms with Crippen LogP contribution in [-0.4, -0.2) is 56.6 Å². The monoisotopic (exact) mass is 505 g/mol. The molecule has 35 heavy (non-hydrogen) atoms. The summed E-state index contributed by atoms with van der Waals surface area (Å²) in [5, 5.41) is 15.8. The highest BCUT2D eigenvalue weighted by molar-refractivity contribution is 6.16. The van der Waals surface area contributed by atoms with Gasteiger partial charge in [-0.25, -0.2) is 4.84 Å². The van der Waals surface area contributed by atoms with Crippen molar-refractivity contribution in [3.05, 3.63) is 36.6 Å². The van der Waals surface area contributed by atoms with E-state index in [1.54, 1.807) is 30.3 Å². The van der Waals surface area contributed by atoms with Crippen LogP contribution in [0.3, 0.4) is 0 Å². The second-order valence-corrected chi connectivity index (χ2v) is 7.37. The highest BCUT2D eigenvalue weighted by Gasteiger charge is 2.23. The van der Waals surface area contributed by atoms with E-state index in [1.165, 1.54) is 34.7 Å². The molecule has 0 saturated carbocycles. The molecule has 0 bridgehead atoms. The summed E-state index contributed by atoms with van der Waals surface area (Å²) in [6.45, 7) is 0. The lowest BCUT2D eigenvalue weighted by Crippen LogP contribution is -2.37. The summed E-state index contributed by atoms with van der Waals surface area (Å²) in [6, 6.07) is 7.37. The number of carbonyl (C=O) groups excluding carboxylic acids is 1. The number of methoxy groups -OCH3 is 4. The van der Waals surface area contributed by atoms with Gasteiger partial charge in [-0.1, -0.05) is 11.2 Å². The normalized spacial score (nSPS) is 11.5. The van der Waals surface area contributed by atoms with Crippen LogP contribution in [0.2, 0.25) is 0 Å². The van der Waals surface area contributed by atoms with E-state index >= 15 is 0 Å². The third-order valence-electron chi connectivity index (χ3n) is 5.10. The zero-order valence-electron chi connectivity index (χ0n) is 19.4. The minimum Gasteiger partial charge on any atom is -0.495 e. The molecule has 0 aliphatic heterocycles. The van der Waals surface area contributed by atoms with E-state index in [0.717, 1.165) is 0 Å². The molecular weight excluding hydrogens is 482 g/mol. The predicted molar refractivity (Wildman–Crippen MR) is 127 cm³/mol. The molecule has 12 heteroatoms. The average Bonchev–Trinajstić information content (AvgIpc) is 3.36. The van der Waals surface area contributed by atoms with Gasteiger partial charge in [0.05, 0.1) is 40.5 Å². The van der Waals surface area contributed by atoms with Crippen molar-refractivity contribution in [2.45, 2.75) is 12.5 Å². The molecule has 2 aromatic carbocycles. The standard InChI is InChI=1S/C23H24ClN3O8/c1-31-17-6-5-12(7-15(17)25-23(30)16(26-24)10-20(28)29)14-11-35-27-21(14)13-8-18(32-2)22(34-4)19(9-13)33-3/h5-9,11,16,26H,10H2,1-4H3,(H,25,30)(H,28,29). The fraction of sp³-hybridized carbons (Fsp3) is 0.261. The average molecular weight is 506 g/mol. The third-order valence-corrected chi connectivity index (χ3v) is 5.37. The van der Waals surface area contributed by atoms with Crippen molar-refractivity contribution in [2.24, 2.45) is 0 Å². The van der Waals surface area contributed by atoms with Crippen LogP contribution >= 0.6 is 11.8 Å². The number of nitrogens with zero attached hydrogens (tertiary/aromatic N) is 1. The predicted octanol–water partition coefficient (Wildman–Crippen LogP) is 3.57. The molecule has 1 unspecified atom stereocenters. The van der Waals surface area contributed by atoms with Gasteiger partial charge in [-0.3, -0.25) is 9.59 Å². The first-order valence-corrected chi connectivity index (χ1v) is 10.6. The van der Waals surface area contributed by atoms with Crippen molar-refractivity contribution in [3.63, 3.8) is 0 Å². The lowest BCUT2D eigenvalue weighted by molar-refractivity contribution is -0.139. The molecule has 0 radical (unpaired) electrons. The summed E-state index contributed by atoms with van der Waals surface area (Å²) in [5.74, 6) is -0.154. The van der Waals surface area contributed by atoms with Crippen molar-refractivity contribution >= 4 is 29.3 Å². The molecule has 3 rings (SSSR count). The number of aromatic nitrogens is 1. The third kappa shape index (κ3) is 5.58. The van der Waals surface area contributed by atoms with E-state index in [2.05, 4.69) is 15.3 Å². The molecule has 186 valence electrons. The summed E-state index contributed by atoms with van der Waals surface area (Å²) in [7, 11) is 5.97. The number of carbonyl (C=O) groups is 2. The minimum absolute atomic E-state index is 0.300. The first kappa shape index (κ1) is 25.7. The van der Waals surface area contributed by atoms with Crippen molar-refractivity contribution in [1.82, 2.24) is 9.99 Å². The number of carboxylic acids is 1. The van der Waals surface area contributed by atoms with Gasteiger partial charge >= 0.3 is 5.97 Å². The largest absolute Gasteiger partial charge is 0.495 e. The van der Waals surface area contributed by atoms with Crippen LogP contribution in [0.25, 0.3) is 22.4 Å². The van der Waals surface area contributed by atoms with Gasteiger partial charge in [0, 0.05) is 11.1 Å². The van der Waals surface area contributed by atoms with Crippen molar-refractivity contribution in [3.8, 4) is 45.4 Å². The number of amides is 1. The fourth-order valence-corrected chi connectivity index (χ4v) is 3.59. The highest BCUT2D eigenvalue weighted by atomic mass is 35.5. The second-order valence-electron chi connectivity index (χ2n) is 7.15. The number of nitrogens with one attached hydrogen (secondary N) is 2. The molecular formula is C23H24ClN3O8. The van der Waals surface area contributed by atoms with Crippen LogP contribution < -0.4 is 29.1 Å². The van der Waals surface area contributed by atoms with Crippen LogP contribution in [0.5, 0.6) is 23.0 Å². The number of anilines is 1. The molecule has 1 atom stereocenters. The molecule has 3 aromatic rings. The van der Waals surface area contributed by atoms with E-state index in [0.29, 0.717) is 51.1 Å². The van der Waals surface area contributed by atoms with Gasteiger partial charge in [-0.05, 0) is 41.6 Å². The van der Waals surface area contributed by atoms with Crippen LogP contribution in [0, 0.1) is 0 Å². The van der Waals surface area contributed by atoms with Crippen molar-refractivity contribution < 1.29 is 38.2 Å². The number of carboxylic acid groups (broad SMARTS) is 1. The quantitative estimate of drug-likeness (QED) is 0.331. The van der Waals surface area contributed by atoms with Gasteiger partial charge in [0.15, 0.2) is 11.5 Å². The van der Waals surface area contributed by atoms with Crippen LogP contribution in [0.1, 0.15) is 6.42 Å². The number of ether oxygens (including phenoxy) is 4. The number of benzene rings is 2. The minimum atomic E-state index is -1.18. The summed E-state index contributed by atoms with van der Waals surface area (Å²) in [6.07, 6.45) is 0.952. The maximum Gasteiger partial charge on any atom is 0.305 e. The fourth-order valence-electron chi connectivity index (χ4n) is 3.42. The first-order valence-electron chi connectivity index (χ1n) is 10.2. The van der Waals surface area contributed by atoms with Gasteiger partial charge in [-0.15, -0.1) is 0 Å². The zero-order chi connectivity index (χ0) is 25.5. The topological polar surface area (TPSA) is 141 Å². The van der Waals surface area contributed by atoms with E-state index in [9.17, 15) is 9.59 Å². The smallest absolute Gasteiger partial charge is 0.305 e. The maximum absolute atomic E-state index is 12.6. The Hall–Kier alpha value is -3.96. The number of hydrogen-bond acceptors (Lipinski definition) is 9. The van der Waals surface area contributed by atoms with Crippen LogP contribution in [0.4, 0.5) is 5.69 Å². The molecule has 0 saturated heterocycles.